The molecule has 2 aliphatic carbocycles. The molecule has 0 aromatic heterocycles. The Morgan fingerprint density at radius 2 is 1.71 bits per heavy atom. The van der Waals surface area contributed by atoms with Gasteiger partial charge in [0, 0.05) is 11.0 Å². The van der Waals surface area contributed by atoms with Crippen molar-refractivity contribution in [3.8, 4) is 17.2 Å². The van der Waals surface area contributed by atoms with E-state index in [-0.39, 0.29) is 34.0 Å². The maximum absolute atomic E-state index is 11.9. The van der Waals surface area contributed by atoms with Crippen LogP contribution in [0.1, 0.15) is 92.0 Å². The quantitative estimate of drug-likeness (QED) is 0.724. The number of ether oxygens (including phenoxy) is 1. The molecule has 3 aliphatic rings. The third kappa shape index (κ3) is 2.31. The van der Waals surface area contributed by atoms with E-state index in [0.29, 0.717) is 35.9 Å². The summed E-state index contributed by atoms with van der Waals surface area (Å²) in [5.41, 5.74) is -0.193. The molecule has 2 saturated carbocycles. The van der Waals surface area contributed by atoms with Gasteiger partial charge in [0.25, 0.3) is 0 Å². The largest absolute Gasteiger partial charge is 0.507 e. The average Bonchev–Trinajstić information content (AvgIpc) is 3.17. The van der Waals surface area contributed by atoms with Crippen LogP contribution in [0.5, 0.6) is 17.2 Å². The third-order valence-corrected chi connectivity index (χ3v) is 7.95. The minimum Gasteiger partial charge on any atom is -0.507 e. The number of carbonyl (C=O) groups excluding carboxylic acids is 2. The monoisotopic (exact) mass is 386 g/mol. The molecule has 2 bridgehead atoms. The van der Waals surface area contributed by atoms with E-state index in [4.69, 9.17) is 4.74 Å². The molecule has 152 valence electrons. The molecule has 5 nitrogen and oxygen atoms in total. The Hall–Kier alpha value is -2.04. The summed E-state index contributed by atoms with van der Waals surface area (Å²) < 4.78 is 6.66. The summed E-state index contributed by atoms with van der Waals surface area (Å²) in [7, 11) is 0. The number of carbonyl (C=O) groups is 2. The van der Waals surface area contributed by atoms with Gasteiger partial charge in [-0.2, -0.15) is 0 Å². The van der Waals surface area contributed by atoms with Gasteiger partial charge in [0.1, 0.15) is 22.8 Å². The maximum atomic E-state index is 11.9. The average molecular weight is 386 g/mol. The summed E-state index contributed by atoms with van der Waals surface area (Å²) in [6.45, 7) is 8.78. The first-order valence-electron chi connectivity index (χ1n) is 10.4. The maximum Gasteiger partial charge on any atom is 0.157 e. The Balaban J connectivity index is 1.97. The van der Waals surface area contributed by atoms with Crippen LogP contribution in [0.4, 0.5) is 0 Å². The number of benzene rings is 1. The molecule has 0 saturated heterocycles. The van der Waals surface area contributed by atoms with Crippen molar-refractivity contribution in [1.29, 1.82) is 0 Å². The Morgan fingerprint density at radius 3 is 2.25 bits per heavy atom. The van der Waals surface area contributed by atoms with Gasteiger partial charge in [-0.15, -0.1) is 0 Å². The van der Waals surface area contributed by atoms with E-state index in [1.807, 2.05) is 0 Å². The van der Waals surface area contributed by atoms with Gasteiger partial charge in [0.05, 0.1) is 11.1 Å². The van der Waals surface area contributed by atoms with Crippen molar-refractivity contribution in [3.63, 3.8) is 0 Å². The van der Waals surface area contributed by atoms with E-state index < -0.39 is 11.4 Å². The van der Waals surface area contributed by atoms with E-state index in [1.54, 1.807) is 0 Å². The van der Waals surface area contributed by atoms with Crippen molar-refractivity contribution in [3.05, 3.63) is 16.7 Å². The molecule has 4 unspecified atom stereocenters. The SMILES string of the molecule is CC(C)CC1CC2(Oc3c(C=O)c(O)c(C=O)c(O)c31)C1CCC(C1)C2(C)C. The van der Waals surface area contributed by atoms with Gasteiger partial charge >= 0.3 is 0 Å². The predicted octanol–water partition coefficient (Wildman–Crippen LogP) is 4.83. The lowest BCUT2D eigenvalue weighted by Gasteiger charge is -2.54. The molecule has 1 heterocycles. The van der Waals surface area contributed by atoms with Crippen LogP contribution in [0.2, 0.25) is 0 Å². The van der Waals surface area contributed by atoms with Crippen LogP contribution in [0.15, 0.2) is 0 Å². The van der Waals surface area contributed by atoms with Gasteiger partial charge in [-0.25, -0.2) is 0 Å². The van der Waals surface area contributed by atoms with Gasteiger partial charge < -0.3 is 14.9 Å². The minimum atomic E-state index is -0.484. The van der Waals surface area contributed by atoms with Crippen LogP contribution in [0.3, 0.4) is 0 Å². The van der Waals surface area contributed by atoms with E-state index >= 15 is 0 Å². The zero-order valence-electron chi connectivity index (χ0n) is 17.1. The number of hydrogen-bond acceptors (Lipinski definition) is 5. The molecule has 4 rings (SSSR count). The number of fused-ring (bicyclic) bond motifs is 4. The summed E-state index contributed by atoms with van der Waals surface area (Å²) in [6, 6.07) is 0. The predicted molar refractivity (Wildman–Crippen MR) is 105 cm³/mol. The number of phenolic OH excluding ortho intramolecular Hbond substituents is 2. The van der Waals surface area contributed by atoms with Gasteiger partial charge in [-0.05, 0) is 55.8 Å². The molecular formula is C23H30O5. The van der Waals surface area contributed by atoms with Crippen LogP contribution in [-0.2, 0) is 0 Å². The molecule has 5 heteroatoms. The number of aldehydes is 2. The Bertz CT molecular complexity index is 840. The summed E-state index contributed by atoms with van der Waals surface area (Å²) >= 11 is 0. The summed E-state index contributed by atoms with van der Waals surface area (Å²) in [5, 5.41) is 21.3. The van der Waals surface area contributed by atoms with E-state index in [9.17, 15) is 19.8 Å². The van der Waals surface area contributed by atoms with Crippen LogP contribution < -0.4 is 4.74 Å². The molecule has 2 N–H and O–H groups in total. The first-order chi connectivity index (χ1) is 13.2. The molecule has 1 aliphatic heterocycles. The van der Waals surface area contributed by atoms with Crippen LogP contribution in [0, 0.1) is 23.2 Å². The van der Waals surface area contributed by atoms with Gasteiger partial charge in [-0.1, -0.05) is 27.7 Å². The Morgan fingerprint density at radius 1 is 1.07 bits per heavy atom. The highest BCUT2D eigenvalue weighted by Gasteiger charge is 2.66. The highest BCUT2D eigenvalue weighted by molar-refractivity contribution is 5.95. The lowest BCUT2D eigenvalue weighted by Crippen LogP contribution is -2.56. The normalized spacial score (nSPS) is 32.4. The molecule has 0 amide bonds. The van der Waals surface area contributed by atoms with E-state index in [2.05, 4.69) is 27.7 Å². The van der Waals surface area contributed by atoms with Crippen LogP contribution >= 0.6 is 0 Å². The number of phenols is 2. The molecule has 1 aromatic carbocycles. The zero-order valence-corrected chi connectivity index (χ0v) is 17.1. The van der Waals surface area contributed by atoms with E-state index in [1.165, 1.54) is 6.42 Å². The lowest BCUT2D eigenvalue weighted by molar-refractivity contribution is -0.105. The summed E-state index contributed by atoms with van der Waals surface area (Å²) in [5.74, 6) is 0.896. The van der Waals surface area contributed by atoms with Gasteiger partial charge in [0.15, 0.2) is 12.6 Å². The van der Waals surface area contributed by atoms with Crippen molar-refractivity contribution in [2.75, 3.05) is 0 Å². The third-order valence-electron chi connectivity index (χ3n) is 7.95. The number of aromatic hydroxyl groups is 2. The fourth-order valence-corrected chi connectivity index (χ4v) is 6.51. The van der Waals surface area contributed by atoms with Gasteiger partial charge in [0.2, 0.25) is 0 Å². The van der Waals surface area contributed by atoms with Gasteiger partial charge in [-0.3, -0.25) is 9.59 Å². The molecule has 4 atom stereocenters. The fourth-order valence-electron chi connectivity index (χ4n) is 6.51. The minimum absolute atomic E-state index is 0.0127. The van der Waals surface area contributed by atoms with Crippen molar-refractivity contribution < 1.29 is 24.5 Å². The molecule has 0 radical (unpaired) electrons. The zero-order chi connectivity index (χ0) is 20.4. The second kappa shape index (κ2) is 6.23. The molecular weight excluding hydrogens is 356 g/mol. The standard InChI is InChI=1S/C23H30O5/c1-12(2)7-13-9-23(15-6-5-14(8-15)22(23,3)4)28-21-17(11-25)19(26)16(10-24)20(27)18(13)21/h10-15,26-27H,5-9H2,1-4H3. The molecule has 28 heavy (non-hydrogen) atoms. The highest BCUT2D eigenvalue weighted by atomic mass is 16.5. The Kier molecular flexibility index (Phi) is 4.29. The molecule has 1 spiro atoms. The van der Waals surface area contributed by atoms with Crippen molar-refractivity contribution in [1.82, 2.24) is 0 Å². The fraction of sp³-hybridized carbons (Fsp3) is 0.652. The first-order valence-corrected chi connectivity index (χ1v) is 10.4. The second-order valence-corrected chi connectivity index (χ2v) is 9.95. The Labute approximate surface area is 166 Å². The second-order valence-electron chi connectivity index (χ2n) is 9.95. The number of hydrogen-bond donors (Lipinski definition) is 2. The van der Waals surface area contributed by atoms with Crippen molar-refractivity contribution in [2.45, 2.75) is 71.3 Å². The van der Waals surface area contributed by atoms with Crippen LogP contribution in [-0.4, -0.2) is 28.4 Å². The highest BCUT2D eigenvalue weighted by Crippen LogP contribution is 2.68. The van der Waals surface area contributed by atoms with Crippen molar-refractivity contribution >= 4 is 12.6 Å². The molecule has 1 aromatic rings. The number of rotatable bonds is 4. The van der Waals surface area contributed by atoms with E-state index in [0.717, 1.165) is 25.7 Å². The lowest BCUT2D eigenvalue weighted by atomic mass is 9.60. The van der Waals surface area contributed by atoms with Crippen LogP contribution in [0.25, 0.3) is 0 Å². The first kappa shape index (κ1) is 19.3. The van der Waals surface area contributed by atoms with Crippen molar-refractivity contribution in [2.24, 2.45) is 23.2 Å². The summed E-state index contributed by atoms with van der Waals surface area (Å²) in [4.78, 5) is 23.4. The topological polar surface area (TPSA) is 83.8 Å². The molecule has 2 fully saturated rings. The smallest absolute Gasteiger partial charge is 0.157 e. The summed E-state index contributed by atoms with van der Waals surface area (Å²) in [6.07, 6.45) is 5.98.